The SMILES string of the molecule is Cc1nnc(NCCc2nc(-c3ccco3)n[nH]2)c(C#N)c1C. The zero-order valence-electron chi connectivity index (χ0n) is 12.8. The summed E-state index contributed by atoms with van der Waals surface area (Å²) in [6, 6.07) is 5.75. The van der Waals surface area contributed by atoms with Crippen molar-refractivity contribution in [2.75, 3.05) is 11.9 Å². The van der Waals surface area contributed by atoms with Gasteiger partial charge in [-0.25, -0.2) is 4.98 Å². The Balaban J connectivity index is 1.64. The minimum absolute atomic E-state index is 0.487. The van der Waals surface area contributed by atoms with Gasteiger partial charge >= 0.3 is 0 Å². The molecule has 3 aromatic heterocycles. The molecule has 0 aliphatic carbocycles. The second-order valence-corrected chi connectivity index (χ2v) is 5.01. The number of nitrogens with zero attached hydrogens (tertiary/aromatic N) is 5. The van der Waals surface area contributed by atoms with Crippen molar-refractivity contribution in [3.05, 3.63) is 41.0 Å². The maximum atomic E-state index is 9.25. The third-order valence-corrected chi connectivity index (χ3v) is 3.49. The number of hydrogen-bond donors (Lipinski definition) is 2. The lowest BCUT2D eigenvalue weighted by atomic mass is 10.1. The standard InChI is InChI=1S/C15H15N7O/c1-9-10(2)19-21-14(11(9)8-16)17-6-5-13-18-15(22-20-13)12-4-3-7-23-12/h3-4,7H,5-6H2,1-2H3,(H,17,21)(H,18,20,22). The summed E-state index contributed by atoms with van der Waals surface area (Å²) in [6.45, 7) is 4.25. The van der Waals surface area contributed by atoms with Crippen LogP contribution in [-0.4, -0.2) is 31.9 Å². The Morgan fingerprint density at radius 2 is 2.22 bits per heavy atom. The highest BCUT2D eigenvalue weighted by atomic mass is 16.3. The third-order valence-electron chi connectivity index (χ3n) is 3.49. The molecule has 0 spiro atoms. The lowest BCUT2D eigenvalue weighted by Crippen LogP contribution is -2.11. The van der Waals surface area contributed by atoms with Crippen molar-refractivity contribution in [2.45, 2.75) is 20.3 Å². The molecule has 0 aromatic carbocycles. The van der Waals surface area contributed by atoms with Crippen molar-refractivity contribution in [2.24, 2.45) is 0 Å². The van der Waals surface area contributed by atoms with Crippen molar-refractivity contribution >= 4 is 5.82 Å². The van der Waals surface area contributed by atoms with Crippen LogP contribution in [0.3, 0.4) is 0 Å². The van der Waals surface area contributed by atoms with Crippen molar-refractivity contribution in [3.8, 4) is 17.7 Å². The largest absolute Gasteiger partial charge is 0.461 e. The van der Waals surface area contributed by atoms with E-state index in [1.54, 1.807) is 18.4 Å². The molecule has 0 aliphatic rings. The zero-order valence-corrected chi connectivity index (χ0v) is 12.8. The van der Waals surface area contributed by atoms with Crippen LogP contribution in [0.25, 0.3) is 11.6 Å². The summed E-state index contributed by atoms with van der Waals surface area (Å²) in [6.07, 6.45) is 2.18. The van der Waals surface area contributed by atoms with Gasteiger partial charge in [-0.15, -0.1) is 5.10 Å². The highest BCUT2D eigenvalue weighted by Crippen LogP contribution is 2.17. The predicted molar refractivity (Wildman–Crippen MR) is 82.5 cm³/mol. The molecule has 3 rings (SSSR count). The number of aryl methyl sites for hydroxylation is 1. The highest BCUT2D eigenvalue weighted by Gasteiger charge is 2.11. The summed E-state index contributed by atoms with van der Waals surface area (Å²) in [5, 5.41) is 27.4. The second-order valence-electron chi connectivity index (χ2n) is 5.01. The summed E-state index contributed by atoms with van der Waals surface area (Å²) >= 11 is 0. The Morgan fingerprint density at radius 1 is 1.35 bits per heavy atom. The summed E-state index contributed by atoms with van der Waals surface area (Å²) < 4.78 is 5.25. The van der Waals surface area contributed by atoms with Crippen LogP contribution in [0.5, 0.6) is 0 Å². The topological polar surface area (TPSA) is 116 Å². The van der Waals surface area contributed by atoms with Crippen LogP contribution in [0.4, 0.5) is 5.82 Å². The molecule has 116 valence electrons. The normalized spacial score (nSPS) is 10.5. The van der Waals surface area contributed by atoms with Crippen molar-refractivity contribution < 1.29 is 4.42 Å². The number of aromatic nitrogens is 5. The van der Waals surface area contributed by atoms with Gasteiger partial charge in [0, 0.05) is 13.0 Å². The Hall–Kier alpha value is -3.21. The van der Waals surface area contributed by atoms with Crippen LogP contribution in [0.15, 0.2) is 22.8 Å². The van der Waals surface area contributed by atoms with E-state index >= 15 is 0 Å². The first-order chi connectivity index (χ1) is 11.2. The van der Waals surface area contributed by atoms with E-state index in [1.165, 1.54) is 0 Å². The van der Waals surface area contributed by atoms with E-state index in [1.807, 2.05) is 13.8 Å². The molecule has 0 fully saturated rings. The van der Waals surface area contributed by atoms with E-state index in [9.17, 15) is 5.26 Å². The molecule has 23 heavy (non-hydrogen) atoms. The number of rotatable bonds is 5. The maximum Gasteiger partial charge on any atom is 0.216 e. The van der Waals surface area contributed by atoms with E-state index in [-0.39, 0.29) is 0 Å². The molecule has 0 bridgehead atoms. The Morgan fingerprint density at radius 3 is 2.96 bits per heavy atom. The van der Waals surface area contributed by atoms with Gasteiger partial charge < -0.3 is 9.73 Å². The Bertz CT molecular complexity index is 845. The van der Waals surface area contributed by atoms with E-state index in [4.69, 9.17) is 4.42 Å². The molecule has 2 N–H and O–H groups in total. The van der Waals surface area contributed by atoms with Gasteiger partial charge in [0.1, 0.15) is 17.5 Å². The minimum Gasteiger partial charge on any atom is -0.461 e. The van der Waals surface area contributed by atoms with Gasteiger partial charge in [-0.3, -0.25) is 5.10 Å². The fraction of sp³-hybridized carbons (Fsp3) is 0.267. The fourth-order valence-corrected chi connectivity index (χ4v) is 2.09. The fourth-order valence-electron chi connectivity index (χ4n) is 2.09. The lowest BCUT2D eigenvalue weighted by Gasteiger charge is -2.08. The summed E-state index contributed by atoms with van der Waals surface area (Å²) in [7, 11) is 0. The molecule has 0 aliphatic heterocycles. The van der Waals surface area contributed by atoms with E-state index in [0.717, 1.165) is 17.1 Å². The molecular weight excluding hydrogens is 294 g/mol. The van der Waals surface area contributed by atoms with Gasteiger partial charge in [0.15, 0.2) is 11.6 Å². The molecule has 0 amide bonds. The van der Waals surface area contributed by atoms with E-state index in [2.05, 4.69) is 36.8 Å². The first kappa shape index (κ1) is 14.7. The molecule has 0 saturated carbocycles. The van der Waals surface area contributed by atoms with E-state index in [0.29, 0.717) is 35.9 Å². The van der Waals surface area contributed by atoms with Crippen molar-refractivity contribution in [1.29, 1.82) is 5.26 Å². The summed E-state index contributed by atoms with van der Waals surface area (Å²) in [5.41, 5.74) is 2.11. The monoisotopic (exact) mass is 309 g/mol. The highest BCUT2D eigenvalue weighted by molar-refractivity contribution is 5.55. The number of H-pyrrole nitrogens is 1. The second kappa shape index (κ2) is 6.27. The average Bonchev–Trinajstić information content (AvgIpc) is 3.22. The van der Waals surface area contributed by atoms with E-state index < -0.39 is 0 Å². The van der Waals surface area contributed by atoms with Crippen LogP contribution in [0, 0.1) is 25.2 Å². The Labute approximate surface area is 132 Å². The maximum absolute atomic E-state index is 9.25. The van der Waals surface area contributed by atoms with Gasteiger partial charge in [-0.05, 0) is 31.5 Å². The number of nitriles is 1. The predicted octanol–water partition coefficient (Wildman–Crippen LogP) is 2.00. The first-order valence-electron chi connectivity index (χ1n) is 7.12. The number of hydrogen-bond acceptors (Lipinski definition) is 7. The molecule has 0 unspecified atom stereocenters. The van der Waals surface area contributed by atoms with Gasteiger partial charge in [-0.2, -0.15) is 15.5 Å². The Kier molecular flexibility index (Phi) is 4.01. The van der Waals surface area contributed by atoms with Crippen molar-refractivity contribution in [1.82, 2.24) is 25.4 Å². The summed E-state index contributed by atoms with van der Waals surface area (Å²) in [4.78, 5) is 4.36. The van der Waals surface area contributed by atoms with Crippen LogP contribution in [0.2, 0.25) is 0 Å². The smallest absolute Gasteiger partial charge is 0.216 e. The molecule has 8 nitrogen and oxygen atoms in total. The number of aromatic amines is 1. The number of furan rings is 1. The van der Waals surface area contributed by atoms with Gasteiger partial charge in [0.25, 0.3) is 0 Å². The van der Waals surface area contributed by atoms with Crippen LogP contribution in [0.1, 0.15) is 22.6 Å². The molecule has 0 saturated heterocycles. The number of nitrogens with one attached hydrogen (secondary N) is 2. The molecule has 0 radical (unpaired) electrons. The van der Waals surface area contributed by atoms with Gasteiger partial charge in [-0.1, -0.05) is 0 Å². The summed E-state index contributed by atoms with van der Waals surface area (Å²) in [5.74, 6) is 2.35. The molecule has 3 heterocycles. The quantitative estimate of drug-likeness (QED) is 0.740. The lowest BCUT2D eigenvalue weighted by molar-refractivity contribution is 0.577. The zero-order chi connectivity index (χ0) is 16.2. The van der Waals surface area contributed by atoms with Crippen LogP contribution in [-0.2, 0) is 6.42 Å². The molecule has 8 heteroatoms. The van der Waals surface area contributed by atoms with Gasteiger partial charge in [0.2, 0.25) is 5.82 Å². The van der Waals surface area contributed by atoms with Gasteiger partial charge in [0.05, 0.1) is 12.0 Å². The van der Waals surface area contributed by atoms with Crippen molar-refractivity contribution in [3.63, 3.8) is 0 Å². The molecule has 0 atom stereocenters. The van der Waals surface area contributed by atoms with Crippen LogP contribution < -0.4 is 5.32 Å². The first-order valence-corrected chi connectivity index (χ1v) is 7.12. The van der Waals surface area contributed by atoms with Crippen LogP contribution >= 0.6 is 0 Å². The number of anilines is 1. The molecular formula is C15H15N7O. The average molecular weight is 309 g/mol. The molecule has 3 aromatic rings. The minimum atomic E-state index is 0.487. The third kappa shape index (κ3) is 3.03.